The van der Waals surface area contributed by atoms with Gasteiger partial charge in [-0.3, -0.25) is 9.59 Å². The first-order chi connectivity index (χ1) is 10.1. The van der Waals surface area contributed by atoms with E-state index in [-0.39, 0.29) is 31.1 Å². The summed E-state index contributed by atoms with van der Waals surface area (Å²) in [5.74, 6) is -3.20. The molecule has 0 aliphatic heterocycles. The van der Waals surface area contributed by atoms with Crippen LogP contribution in [-0.2, 0) is 19.1 Å². The highest BCUT2D eigenvalue weighted by atomic mass is 16.6. The molecule has 0 radical (unpaired) electrons. The van der Waals surface area contributed by atoms with E-state index in [1.165, 1.54) is 14.2 Å². The van der Waals surface area contributed by atoms with E-state index in [0.717, 1.165) is 0 Å². The van der Waals surface area contributed by atoms with Crippen LogP contribution in [0.15, 0.2) is 0 Å². The van der Waals surface area contributed by atoms with Crippen LogP contribution < -0.4 is 9.47 Å². The molecular formula is C12H17N3O6. The van der Waals surface area contributed by atoms with Crippen LogP contribution in [0.25, 0.3) is 0 Å². The standard InChI is InChI=1S/C12H17N3O6/c1-5-20-9(16)7(10(17)21-6-2)8-13-11(18-3)15-12(14-8)19-4/h7H,5-6H2,1-4H3. The Bertz CT molecular complexity index is 468. The van der Waals surface area contributed by atoms with Crippen LogP contribution in [0.1, 0.15) is 25.6 Å². The van der Waals surface area contributed by atoms with Gasteiger partial charge in [0, 0.05) is 0 Å². The summed E-state index contributed by atoms with van der Waals surface area (Å²) in [5.41, 5.74) is 0. The molecule has 0 bridgehead atoms. The molecule has 0 atom stereocenters. The molecule has 9 heteroatoms. The Morgan fingerprint density at radius 1 is 0.905 bits per heavy atom. The lowest BCUT2D eigenvalue weighted by Gasteiger charge is -2.13. The van der Waals surface area contributed by atoms with Crippen molar-refractivity contribution < 1.29 is 28.5 Å². The fraction of sp³-hybridized carbons (Fsp3) is 0.583. The SMILES string of the molecule is CCOC(=O)C(C(=O)OCC)c1nc(OC)nc(OC)n1. The molecule has 0 amide bonds. The Hall–Kier alpha value is -2.45. The Morgan fingerprint density at radius 3 is 1.67 bits per heavy atom. The average Bonchev–Trinajstić information content (AvgIpc) is 2.47. The van der Waals surface area contributed by atoms with Crippen LogP contribution in [-0.4, -0.2) is 54.3 Å². The van der Waals surface area contributed by atoms with Crippen molar-refractivity contribution in [2.24, 2.45) is 0 Å². The van der Waals surface area contributed by atoms with Gasteiger partial charge in [0.25, 0.3) is 0 Å². The molecule has 0 saturated heterocycles. The van der Waals surface area contributed by atoms with Crippen molar-refractivity contribution in [2.75, 3.05) is 27.4 Å². The van der Waals surface area contributed by atoms with Gasteiger partial charge in [0.1, 0.15) is 0 Å². The molecule has 9 nitrogen and oxygen atoms in total. The molecule has 1 heterocycles. The first-order valence-corrected chi connectivity index (χ1v) is 6.24. The van der Waals surface area contributed by atoms with Gasteiger partial charge >= 0.3 is 24.0 Å². The lowest BCUT2D eigenvalue weighted by molar-refractivity contribution is -0.157. The summed E-state index contributed by atoms with van der Waals surface area (Å²) < 4.78 is 19.5. The van der Waals surface area contributed by atoms with Gasteiger partial charge in [-0.2, -0.15) is 9.97 Å². The highest BCUT2D eigenvalue weighted by Gasteiger charge is 2.35. The minimum atomic E-state index is -1.42. The summed E-state index contributed by atoms with van der Waals surface area (Å²) in [6, 6.07) is -0.175. The number of ether oxygens (including phenoxy) is 4. The summed E-state index contributed by atoms with van der Waals surface area (Å²) in [5, 5.41) is 0. The predicted molar refractivity (Wildman–Crippen MR) is 68.9 cm³/mol. The van der Waals surface area contributed by atoms with Crippen molar-refractivity contribution in [1.82, 2.24) is 15.0 Å². The molecule has 0 spiro atoms. The monoisotopic (exact) mass is 299 g/mol. The third kappa shape index (κ3) is 4.26. The molecule has 1 aromatic rings. The van der Waals surface area contributed by atoms with E-state index in [4.69, 9.17) is 18.9 Å². The summed E-state index contributed by atoms with van der Waals surface area (Å²) in [4.78, 5) is 35.5. The number of hydrogen-bond donors (Lipinski definition) is 0. The van der Waals surface area contributed by atoms with Gasteiger partial charge in [-0.25, -0.2) is 0 Å². The first-order valence-electron chi connectivity index (χ1n) is 6.24. The van der Waals surface area contributed by atoms with Gasteiger partial charge in [0.15, 0.2) is 5.82 Å². The fourth-order valence-electron chi connectivity index (χ4n) is 1.42. The van der Waals surface area contributed by atoms with Crippen molar-refractivity contribution in [1.29, 1.82) is 0 Å². The number of carbonyl (C=O) groups is 2. The molecule has 116 valence electrons. The quantitative estimate of drug-likeness (QED) is 0.511. The van der Waals surface area contributed by atoms with Crippen molar-refractivity contribution in [3.63, 3.8) is 0 Å². The summed E-state index contributed by atoms with van der Waals surface area (Å²) >= 11 is 0. The molecule has 0 aliphatic rings. The molecule has 0 aliphatic carbocycles. The van der Waals surface area contributed by atoms with Crippen molar-refractivity contribution in [3.05, 3.63) is 5.82 Å². The Morgan fingerprint density at radius 2 is 1.33 bits per heavy atom. The number of rotatable bonds is 7. The smallest absolute Gasteiger partial charge is 0.328 e. The zero-order valence-corrected chi connectivity index (χ0v) is 12.3. The van der Waals surface area contributed by atoms with Gasteiger partial charge in [0.2, 0.25) is 5.92 Å². The maximum Gasteiger partial charge on any atom is 0.328 e. The summed E-state index contributed by atoms with van der Waals surface area (Å²) in [7, 11) is 2.67. The number of nitrogens with zero attached hydrogens (tertiary/aromatic N) is 3. The first kappa shape index (κ1) is 16.6. The van der Waals surface area contributed by atoms with Gasteiger partial charge < -0.3 is 18.9 Å². The number of esters is 2. The van der Waals surface area contributed by atoms with E-state index in [2.05, 4.69) is 15.0 Å². The van der Waals surface area contributed by atoms with Gasteiger partial charge in [0.05, 0.1) is 27.4 Å². The normalized spacial score (nSPS) is 10.1. The van der Waals surface area contributed by atoms with Crippen LogP contribution in [0.3, 0.4) is 0 Å². The van der Waals surface area contributed by atoms with Crippen LogP contribution in [0.2, 0.25) is 0 Å². The number of carbonyl (C=O) groups excluding carboxylic acids is 2. The second-order valence-electron chi connectivity index (χ2n) is 3.60. The number of methoxy groups -OCH3 is 2. The molecule has 0 N–H and O–H groups in total. The molecule has 0 saturated carbocycles. The fourth-order valence-corrected chi connectivity index (χ4v) is 1.42. The predicted octanol–water partition coefficient (Wildman–Crippen LogP) is 0.0986. The Labute approximate surface area is 121 Å². The highest BCUT2D eigenvalue weighted by Crippen LogP contribution is 2.20. The molecule has 1 rings (SSSR count). The third-order valence-electron chi connectivity index (χ3n) is 2.28. The molecule has 0 fully saturated rings. The summed E-state index contributed by atoms with van der Waals surface area (Å²) in [6.45, 7) is 3.45. The third-order valence-corrected chi connectivity index (χ3v) is 2.28. The average molecular weight is 299 g/mol. The van der Waals surface area contributed by atoms with E-state index in [9.17, 15) is 9.59 Å². The second kappa shape index (κ2) is 7.98. The van der Waals surface area contributed by atoms with E-state index in [0.29, 0.717) is 0 Å². The molecule has 21 heavy (non-hydrogen) atoms. The Kier molecular flexibility index (Phi) is 6.31. The van der Waals surface area contributed by atoms with Gasteiger partial charge in [-0.1, -0.05) is 0 Å². The number of hydrogen-bond acceptors (Lipinski definition) is 9. The van der Waals surface area contributed by atoms with Crippen molar-refractivity contribution >= 4 is 11.9 Å². The maximum absolute atomic E-state index is 12.0. The van der Waals surface area contributed by atoms with Crippen LogP contribution in [0.5, 0.6) is 12.0 Å². The summed E-state index contributed by atoms with van der Waals surface area (Å²) in [6.07, 6.45) is 0. The van der Waals surface area contributed by atoms with E-state index in [1.807, 2.05) is 0 Å². The van der Waals surface area contributed by atoms with Gasteiger partial charge in [-0.05, 0) is 13.8 Å². The van der Waals surface area contributed by atoms with Crippen LogP contribution >= 0.6 is 0 Å². The van der Waals surface area contributed by atoms with Gasteiger partial charge in [-0.15, -0.1) is 4.98 Å². The lowest BCUT2D eigenvalue weighted by atomic mass is 10.1. The van der Waals surface area contributed by atoms with Crippen molar-refractivity contribution in [2.45, 2.75) is 19.8 Å². The zero-order valence-electron chi connectivity index (χ0n) is 12.3. The minimum absolute atomic E-state index is 0.0875. The largest absolute Gasteiger partial charge is 0.467 e. The number of aromatic nitrogens is 3. The van der Waals surface area contributed by atoms with E-state index < -0.39 is 17.9 Å². The zero-order chi connectivity index (χ0) is 15.8. The Balaban J connectivity index is 3.23. The second-order valence-corrected chi connectivity index (χ2v) is 3.60. The highest BCUT2D eigenvalue weighted by molar-refractivity contribution is 6.00. The van der Waals surface area contributed by atoms with E-state index >= 15 is 0 Å². The maximum atomic E-state index is 12.0. The minimum Gasteiger partial charge on any atom is -0.467 e. The lowest BCUT2D eigenvalue weighted by Crippen LogP contribution is -2.28. The van der Waals surface area contributed by atoms with Crippen LogP contribution in [0.4, 0.5) is 0 Å². The van der Waals surface area contributed by atoms with Crippen LogP contribution in [0, 0.1) is 0 Å². The molecular weight excluding hydrogens is 282 g/mol. The van der Waals surface area contributed by atoms with E-state index in [1.54, 1.807) is 13.8 Å². The topological polar surface area (TPSA) is 110 Å². The molecule has 1 aromatic heterocycles. The molecule has 0 unspecified atom stereocenters. The molecule has 0 aromatic carbocycles. The van der Waals surface area contributed by atoms with Crippen molar-refractivity contribution in [3.8, 4) is 12.0 Å².